The Labute approximate surface area is 63.0 Å². The van der Waals surface area contributed by atoms with Crippen molar-refractivity contribution in [1.29, 1.82) is 0 Å². The topological polar surface area (TPSA) is 15.3 Å². The Hall–Kier alpha value is 0.210. The fraction of sp³-hybridized carbons (Fsp3) is 1.00. The highest BCUT2D eigenvalue weighted by Crippen LogP contribution is 1.92. The molecule has 0 aromatic rings. The number of nitrogens with zero attached hydrogens (tertiary/aromatic N) is 1. The maximum atomic E-state index is 3.37. The largest absolute Gasteiger partial charge is 0.312 e. The second kappa shape index (κ2) is 4.09. The van der Waals surface area contributed by atoms with Crippen LogP contribution in [0.15, 0.2) is 0 Å². The number of halogens is 1. The van der Waals surface area contributed by atoms with Gasteiger partial charge < -0.3 is 10.2 Å². The molecule has 1 atom stereocenters. The molecular formula is C6H15ClN2. The third-order valence-electron chi connectivity index (χ3n) is 1.57. The summed E-state index contributed by atoms with van der Waals surface area (Å²) >= 11 is 0. The van der Waals surface area contributed by atoms with Crippen molar-refractivity contribution in [2.45, 2.75) is 13.0 Å². The maximum Gasteiger partial charge on any atom is 0.0167 e. The molecule has 0 saturated carbocycles. The Morgan fingerprint density at radius 2 is 2.22 bits per heavy atom. The first kappa shape index (κ1) is 9.21. The second-order valence-electron chi connectivity index (χ2n) is 2.62. The Kier molecular flexibility index (Phi) is 4.19. The Morgan fingerprint density at radius 1 is 1.56 bits per heavy atom. The van der Waals surface area contributed by atoms with Crippen molar-refractivity contribution < 1.29 is 0 Å². The van der Waals surface area contributed by atoms with Crippen LogP contribution >= 0.6 is 12.4 Å². The van der Waals surface area contributed by atoms with E-state index in [9.17, 15) is 0 Å². The molecule has 0 aromatic heterocycles. The summed E-state index contributed by atoms with van der Waals surface area (Å²) in [6, 6.07) is 0.689. The quantitative estimate of drug-likeness (QED) is 0.536. The van der Waals surface area contributed by atoms with E-state index in [4.69, 9.17) is 0 Å². The van der Waals surface area contributed by atoms with E-state index >= 15 is 0 Å². The standard InChI is InChI=1S/C6H14N2.ClH/c1-6-5-8(2)4-3-7-6;/h6-7H,3-5H2,1-2H3;1H. The van der Waals surface area contributed by atoms with Gasteiger partial charge in [0.05, 0.1) is 0 Å². The van der Waals surface area contributed by atoms with E-state index in [0.717, 1.165) is 6.54 Å². The molecule has 3 heteroatoms. The lowest BCUT2D eigenvalue weighted by Crippen LogP contribution is -2.47. The van der Waals surface area contributed by atoms with Crippen molar-refractivity contribution in [2.24, 2.45) is 0 Å². The number of nitrogens with one attached hydrogen (secondary N) is 1. The molecule has 1 unspecified atom stereocenters. The van der Waals surface area contributed by atoms with Gasteiger partial charge in [-0.2, -0.15) is 0 Å². The number of likely N-dealkylation sites (N-methyl/N-ethyl adjacent to an activating group) is 1. The summed E-state index contributed by atoms with van der Waals surface area (Å²) in [7, 11) is 2.16. The van der Waals surface area contributed by atoms with Crippen molar-refractivity contribution >= 4 is 12.4 Å². The van der Waals surface area contributed by atoms with E-state index in [1.807, 2.05) is 0 Å². The first-order valence-corrected chi connectivity index (χ1v) is 3.21. The van der Waals surface area contributed by atoms with E-state index in [-0.39, 0.29) is 12.4 Å². The minimum Gasteiger partial charge on any atom is -0.312 e. The summed E-state index contributed by atoms with van der Waals surface area (Å²) in [5.74, 6) is 0. The van der Waals surface area contributed by atoms with Gasteiger partial charge in [-0.3, -0.25) is 0 Å². The molecule has 0 bridgehead atoms. The molecule has 0 spiro atoms. The van der Waals surface area contributed by atoms with Crippen molar-refractivity contribution in [1.82, 2.24) is 10.2 Å². The second-order valence-corrected chi connectivity index (χ2v) is 2.62. The fourth-order valence-electron chi connectivity index (χ4n) is 1.13. The molecule has 1 N–H and O–H groups in total. The number of hydrogen-bond acceptors (Lipinski definition) is 2. The minimum absolute atomic E-state index is 0. The van der Waals surface area contributed by atoms with Crippen LogP contribution in [0.3, 0.4) is 0 Å². The Bertz CT molecular complexity index is 69.5. The third kappa shape index (κ3) is 3.04. The first-order valence-electron chi connectivity index (χ1n) is 3.21. The Morgan fingerprint density at radius 3 is 2.56 bits per heavy atom. The van der Waals surface area contributed by atoms with Crippen LogP contribution in [0.25, 0.3) is 0 Å². The van der Waals surface area contributed by atoms with Crippen LogP contribution in [0.5, 0.6) is 0 Å². The van der Waals surface area contributed by atoms with E-state index < -0.39 is 0 Å². The SMILES string of the molecule is CC1CN(C)CCN1.Cl. The van der Waals surface area contributed by atoms with Gasteiger partial charge in [0, 0.05) is 25.7 Å². The summed E-state index contributed by atoms with van der Waals surface area (Å²) < 4.78 is 0. The van der Waals surface area contributed by atoms with Crippen molar-refractivity contribution in [3.63, 3.8) is 0 Å². The zero-order valence-corrected chi connectivity index (χ0v) is 6.87. The zero-order chi connectivity index (χ0) is 5.98. The molecule has 56 valence electrons. The van der Waals surface area contributed by atoms with Gasteiger partial charge in [-0.05, 0) is 14.0 Å². The van der Waals surface area contributed by atoms with Crippen LogP contribution < -0.4 is 5.32 Å². The molecule has 1 aliphatic rings. The molecule has 9 heavy (non-hydrogen) atoms. The first-order chi connectivity index (χ1) is 3.79. The fourth-order valence-corrected chi connectivity index (χ4v) is 1.13. The average molecular weight is 151 g/mol. The van der Waals surface area contributed by atoms with Gasteiger partial charge in [-0.15, -0.1) is 12.4 Å². The van der Waals surface area contributed by atoms with Crippen LogP contribution in [0, 0.1) is 0 Å². The van der Waals surface area contributed by atoms with Gasteiger partial charge in [0.1, 0.15) is 0 Å². The predicted octanol–water partition coefficient (Wildman–Crippen LogP) is 0.332. The lowest BCUT2D eigenvalue weighted by Gasteiger charge is -2.28. The average Bonchev–Trinajstić information content (AvgIpc) is 1.64. The monoisotopic (exact) mass is 150 g/mol. The number of rotatable bonds is 0. The molecular weight excluding hydrogens is 136 g/mol. The molecule has 1 fully saturated rings. The van der Waals surface area contributed by atoms with Crippen molar-refractivity contribution in [3.05, 3.63) is 0 Å². The predicted molar refractivity (Wildman–Crippen MR) is 42.2 cm³/mol. The zero-order valence-electron chi connectivity index (χ0n) is 6.05. The molecule has 2 nitrogen and oxygen atoms in total. The van der Waals surface area contributed by atoms with E-state index in [0.29, 0.717) is 6.04 Å². The highest BCUT2D eigenvalue weighted by atomic mass is 35.5. The molecule has 1 aliphatic heterocycles. The number of hydrogen-bond donors (Lipinski definition) is 1. The lowest BCUT2D eigenvalue weighted by molar-refractivity contribution is 0.248. The lowest BCUT2D eigenvalue weighted by atomic mass is 10.2. The highest BCUT2D eigenvalue weighted by molar-refractivity contribution is 5.85. The van der Waals surface area contributed by atoms with Crippen LogP contribution in [0.4, 0.5) is 0 Å². The van der Waals surface area contributed by atoms with E-state index in [1.165, 1.54) is 13.1 Å². The summed E-state index contributed by atoms with van der Waals surface area (Å²) in [5, 5.41) is 3.37. The summed E-state index contributed by atoms with van der Waals surface area (Å²) in [6.07, 6.45) is 0. The van der Waals surface area contributed by atoms with Crippen molar-refractivity contribution in [2.75, 3.05) is 26.7 Å². The van der Waals surface area contributed by atoms with Gasteiger partial charge in [-0.25, -0.2) is 0 Å². The van der Waals surface area contributed by atoms with Gasteiger partial charge in [0.2, 0.25) is 0 Å². The maximum absolute atomic E-state index is 3.37. The van der Waals surface area contributed by atoms with Crippen LogP contribution in [-0.2, 0) is 0 Å². The molecule has 0 amide bonds. The van der Waals surface area contributed by atoms with Crippen molar-refractivity contribution in [3.8, 4) is 0 Å². The molecule has 0 radical (unpaired) electrons. The van der Waals surface area contributed by atoms with Gasteiger partial charge in [0.25, 0.3) is 0 Å². The Balaban J connectivity index is 0.000000640. The molecule has 0 aromatic carbocycles. The highest BCUT2D eigenvalue weighted by Gasteiger charge is 2.09. The van der Waals surface area contributed by atoms with Gasteiger partial charge >= 0.3 is 0 Å². The van der Waals surface area contributed by atoms with E-state index in [2.05, 4.69) is 24.2 Å². The number of piperazine rings is 1. The van der Waals surface area contributed by atoms with Crippen LogP contribution in [0.2, 0.25) is 0 Å². The molecule has 0 aliphatic carbocycles. The molecule has 1 heterocycles. The van der Waals surface area contributed by atoms with Gasteiger partial charge in [-0.1, -0.05) is 0 Å². The summed E-state index contributed by atoms with van der Waals surface area (Å²) in [4.78, 5) is 2.35. The van der Waals surface area contributed by atoms with Gasteiger partial charge in [0.15, 0.2) is 0 Å². The smallest absolute Gasteiger partial charge is 0.0167 e. The van der Waals surface area contributed by atoms with Crippen LogP contribution in [0.1, 0.15) is 6.92 Å². The summed E-state index contributed by atoms with van der Waals surface area (Å²) in [5.41, 5.74) is 0. The summed E-state index contributed by atoms with van der Waals surface area (Å²) in [6.45, 7) is 5.76. The minimum atomic E-state index is 0. The van der Waals surface area contributed by atoms with E-state index in [1.54, 1.807) is 0 Å². The molecule has 1 saturated heterocycles. The van der Waals surface area contributed by atoms with Crippen LogP contribution in [-0.4, -0.2) is 37.6 Å². The molecule has 1 rings (SSSR count). The normalized spacial score (nSPS) is 29.3. The third-order valence-corrected chi connectivity index (χ3v) is 1.57.